The number of aliphatic hydroxyl groups excluding tert-OH is 1. The van der Waals surface area contributed by atoms with Crippen LogP contribution in [0.2, 0.25) is 0 Å². The monoisotopic (exact) mass is 289 g/mol. The zero-order chi connectivity index (χ0) is 15.1. The molecule has 2 N–H and O–H groups in total. The Bertz CT molecular complexity index is 556. The second-order valence-corrected chi connectivity index (χ2v) is 5.31. The van der Waals surface area contributed by atoms with E-state index in [4.69, 9.17) is 5.11 Å². The summed E-state index contributed by atoms with van der Waals surface area (Å²) in [5.74, 6) is 5.67. The van der Waals surface area contributed by atoms with Crippen LogP contribution in [0.3, 0.4) is 0 Å². The molecule has 1 fully saturated rings. The Morgan fingerprint density at radius 2 is 2.24 bits per heavy atom. The molecule has 4 heteroatoms. The van der Waals surface area contributed by atoms with E-state index in [2.05, 4.69) is 17.2 Å². The lowest BCUT2D eigenvalue weighted by atomic mass is 10.1. The zero-order valence-electron chi connectivity index (χ0n) is 12.0. The highest BCUT2D eigenvalue weighted by Gasteiger charge is 2.20. The number of amides is 1. The van der Waals surface area contributed by atoms with E-state index in [0.717, 1.165) is 18.8 Å². The lowest BCUT2D eigenvalue weighted by molar-refractivity contribution is 0.0952. The first-order chi connectivity index (χ1) is 10.2. The minimum Gasteiger partial charge on any atom is -0.395 e. The van der Waals surface area contributed by atoms with Gasteiger partial charge in [0, 0.05) is 18.5 Å². The van der Waals surface area contributed by atoms with Crippen LogP contribution >= 0.6 is 0 Å². The molecule has 0 saturated heterocycles. The van der Waals surface area contributed by atoms with Crippen molar-refractivity contribution >= 4 is 5.91 Å². The number of carbonyl (C=O) groups is 1. The van der Waals surface area contributed by atoms with E-state index in [9.17, 15) is 9.18 Å². The van der Waals surface area contributed by atoms with Crippen LogP contribution in [0.25, 0.3) is 0 Å². The number of benzene rings is 1. The van der Waals surface area contributed by atoms with E-state index in [0.29, 0.717) is 24.1 Å². The summed E-state index contributed by atoms with van der Waals surface area (Å²) in [6.07, 6.45) is 5.07. The van der Waals surface area contributed by atoms with E-state index in [1.807, 2.05) is 0 Å². The summed E-state index contributed by atoms with van der Waals surface area (Å²) in [6.45, 7) is 0.585. The van der Waals surface area contributed by atoms with Crippen molar-refractivity contribution in [1.29, 1.82) is 0 Å². The molecule has 0 aliphatic heterocycles. The second kappa shape index (κ2) is 7.80. The van der Waals surface area contributed by atoms with Gasteiger partial charge in [-0.1, -0.05) is 24.7 Å². The smallest absolute Gasteiger partial charge is 0.252 e. The van der Waals surface area contributed by atoms with Gasteiger partial charge in [-0.25, -0.2) is 4.39 Å². The summed E-state index contributed by atoms with van der Waals surface area (Å²) < 4.78 is 13.3. The van der Waals surface area contributed by atoms with Crippen molar-refractivity contribution in [1.82, 2.24) is 5.32 Å². The van der Waals surface area contributed by atoms with E-state index in [1.165, 1.54) is 31.0 Å². The molecule has 3 nitrogen and oxygen atoms in total. The molecule has 1 aliphatic carbocycles. The van der Waals surface area contributed by atoms with Gasteiger partial charge in [-0.05, 0) is 37.0 Å². The fourth-order valence-electron chi connectivity index (χ4n) is 2.13. The van der Waals surface area contributed by atoms with Crippen molar-refractivity contribution in [3.8, 4) is 11.8 Å². The molecule has 0 unspecified atom stereocenters. The fourth-order valence-corrected chi connectivity index (χ4v) is 2.13. The Balaban J connectivity index is 1.96. The molecular weight excluding hydrogens is 269 g/mol. The van der Waals surface area contributed by atoms with Gasteiger partial charge in [0.15, 0.2) is 0 Å². The molecule has 2 rings (SSSR count). The van der Waals surface area contributed by atoms with Gasteiger partial charge < -0.3 is 10.4 Å². The Morgan fingerprint density at radius 3 is 2.95 bits per heavy atom. The predicted octanol–water partition coefficient (Wildman–Crippen LogP) is 2.48. The van der Waals surface area contributed by atoms with Crippen LogP contribution in [0.5, 0.6) is 0 Å². The first-order valence-electron chi connectivity index (χ1n) is 7.38. The van der Waals surface area contributed by atoms with Crippen LogP contribution in [0.1, 0.15) is 48.0 Å². The van der Waals surface area contributed by atoms with Crippen LogP contribution in [0.15, 0.2) is 18.2 Å². The summed E-state index contributed by atoms with van der Waals surface area (Å²) in [5.41, 5.74) is 0.747. The van der Waals surface area contributed by atoms with E-state index >= 15 is 0 Å². The summed E-state index contributed by atoms with van der Waals surface area (Å²) in [5, 5.41) is 11.6. The Kier molecular flexibility index (Phi) is 5.77. The third kappa shape index (κ3) is 5.20. The Morgan fingerprint density at radius 1 is 1.43 bits per heavy atom. The highest BCUT2D eigenvalue weighted by atomic mass is 19.1. The fraction of sp³-hybridized carbons (Fsp3) is 0.471. The molecule has 0 aromatic heterocycles. The largest absolute Gasteiger partial charge is 0.395 e. The number of hydrogen-bond acceptors (Lipinski definition) is 2. The van der Waals surface area contributed by atoms with Gasteiger partial charge >= 0.3 is 0 Å². The Hall–Kier alpha value is -1.86. The van der Waals surface area contributed by atoms with Crippen molar-refractivity contribution in [3.05, 3.63) is 35.1 Å². The lowest BCUT2D eigenvalue weighted by Gasteiger charge is -2.07. The van der Waals surface area contributed by atoms with Crippen LogP contribution in [0.4, 0.5) is 4.39 Å². The van der Waals surface area contributed by atoms with Crippen LogP contribution in [-0.4, -0.2) is 24.2 Å². The number of hydrogen-bond donors (Lipinski definition) is 2. The average molecular weight is 289 g/mol. The molecule has 0 heterocycles. The normalized spacial score (nSPS) is 13.4. The average Bonchev–Trinajstić information content (AvgIpc) is 3.28. The lowest BCUT2D eigenvalue weighted by Crippen LogP contribution is -2.25. The summed E-state index contributed by atoms with van der Waals surface area (Å²) in [7, 11) is 0. The summed E-state index contributed by atoms with van der Waals surface area (Å²) in [6, 6.07) is 3.97. The van der Waals surface area contributed by atoms with Crippen LogP contribution in [-0.2, 0) is 0 Å². The third-order valence-corrected chi connectivity index (χ3v) is 3.46. The molecule has 1 aliphatic rings. The molecule has 1 amide bonds. The van der Waals surface area contributed by atoms with Gasteiger partial charge in [-0.3, -0.25) is 4.79 Å². The highest BCUT2D eigenvalue weighted by Crippen LogP contribution is 2.33. The van der Waals surface area contributed by atoms with Crippen molar-refractivity contribution in [3.63, 3.8) is 0 Å². The molecule has 1 aromatic carbocycles. The van der Waals surface area contributed by atoms with Crippen molar-refractivity contribution in [2.24, 2.45) is 5.92 Å². The van der Waals surface area contributed by atoms with Crippen molar-refractivity contribution in [2.75, 3.05) is 13.2 Å². The highest BCUT2D eigenvalue weighted by molar-refractivity contribution is 5.96. The maximum absolute atomic E-state index is 13.3. The van der Waals surface area contributed by atoms with Gasteiger partial charge in [0.2, 0.25) is 0 Å². The number of rotatable bonds is 6. The second-order valence-electron chi connectivity index (χ2n) is 5.31. The maximum atomic E-state index is 13.3. The molecule has 1 saturated carbocycles. The maximum Gasteiger partial charge on any atom is 0.252 e. The SMILES string of the molecule is O=C(NCCCC1CC1)c1ccc(F)cc1C#CCCO. The molecular formula is C17H20FNO2. The zero-order valence-corrected chi connectivity index (χ0v) is 12.0. The third-order valence-electron chi connectivity index (χ3n) is 3.46. The van der Waals surface area contributed by atoms with Gasteiger partial charge in [0.05, 0.1) is 12.2 Å². The van der Waals surface area contributed by atoms with E-state index in [1.54, 1.807) is 0 Å². The molecule has 21 heavy (non-hydrogen) atoms. The predicted molar refractivity (Wildman–Crippen MR) is 79.3 cm³/mol. The Labute approximate surface area is 124 Å². The molecule has 0 atom stereocenters. The van der Waals surface area contributed by atoms with Gasteiger partial charge in [-0.2, -0.15) is 0 Å². The topological polar surface area (TPSA) is 49.3 Å². The molecule has 0 spiro atoms. The van der Waals surface area contributed by atoms with Gasteiger partial charge in [0.1, 0.15) is 5.82 Å². The number of nitrogens with one attached hydrogen (secondary N) is 1. The van der Waals surface area contributed by atoms with Crippen LogP contribution in [0, 0.1) is 23.6 Å². The summed E-state index contributed by atoms with van der Waals surface area (Å²) >= 11 is 0. The van der Waals surface area contributed by atoms with Gasteiger partial charge in [-0.15, -0.1) is 0 Å². The number of halogens is 1. The minimum absolute atomic E-state index is 0.0506. The van der Waals surface area contributed by atoms with Crippen molar-refractivity contribution < 1.29 is 14.3 Å². The minimum atomic E-state index is -0.423. The summed E-state index contributed by atoms with van der Waals surface area (Å²) in [4.78, 5) is 12.1. The first kappa shape index (κ1) is 15.5. The number of carbonyl (C=O) groups excluding carboxylic acids is 1. The molecule has 0 bridgehead atoms. The van der Waals surface area contributed by atoms with Gasteiger partial charge in [0.25, 0.3) is 5.91 Å². The van der Waals surface area contributed by atoms with Crippen LogP contribution < -0.4 is 5.32 Å². The van der Waals surface area contributed by atoms with E-state index in [-0.39, 0.29) is 12.5 Å². The standard InChI is InChI=1S/C17H20FNO2/c18-15-8-9-16(14(12-15)5-1-2-11-20)17(21)19-10-3-4-13-6-7-13/h8-9,12-13,20H,2-4,6-7,10-11H2,(H,19,21). The molecule has 0 radical (unpaired) electrons. The number of aliphatic hydroxyl groups is 1. The van der Waals surface area contributed by atoms with E-state index < -0.39 is 5.82 Å². The molecule has 1 aromatic rings. The first-order valence-corrected chi connectivity index (χ1v) is 7.38. The quantitative estimate of drug-likeness (QED) is 0.624. The van der Waals surface area contributed by atoms with Crippen molar-refractivity contribution in [2.45, 2.75) is 32.1 Å². The molecule has 112 valence electrons.